The molecule has 1 saturated heterocycles. The van der Waals surface area contributed by atoms with Crippen LogP contribution in [0.4, 0.5) is 17.1 Å². The number of nitro benzene ring substituents is 2. The number of non-ortho nitro benzene ring substituents is 1. The number of hydrogen-bond acceptors (Lipinski definition) is 17. The van der Waals surface area contributed by atoms with Crippen LogP contribution in [0.3, 0.4) is 0 Å². The van der Waals surface area contributed by atoms with Gasteiger partial charge in [-0.2, -0.15) is 0 Å². The van der Waals surface area contributed by atoms with Crippen LogP contribution in [0, 0.1) is 20.2 Å². The second-order valence-corrected chi connectivity index (χ2v) is 9.84. The van der Waals surface area contributed by atoms with Gasteiger partial charge in [0, 0.05) is 25.5 Å². The van der Waals surface area contributed by atoms with Crippen molar-refractivity contribution >= 4 is 34.8 Å². The first kappa shape index (κ1) is 41.3. The van der Waals surface area contributed by atoms with Gasteiger partial charge >= 0.3 is 5.97 Å². The summed E-state index contributed by atoms with van der Waals surface area (Å²) in [7, 11) is 0. The standard InChI is InChI=1S/C29H44N4O16/c34-27-3-4-28(35)31(27)49-29(36)5-7-41-9-11-43-13-15-45-17-19-47-21-22-48-20-18-46-16-14-44-12-10-42-8-6-30-25-2-1-24(32(37)38)23-26(25)33(39)40/h1-2,23,30H,3-22H2. The molecule has 2 rings (SSSR count). The predicted molar refractivity (Wildman–Crippen MR) is 167 cm³/mol. The number of amides is 2. The average Bonchev–Trinajstić information content (AvgIpc) is 3.39. The number of hydroxylamine groups is 2. The van der Waals surface area contributed by atoms with Gasteiger partial charge in [-0.05, 0) is 6.07 Å². The van der Waals surface area contributed by atoms with E-state index < -0.39 is 27.6 Å². The number of hydrogen-bond donors (Lipinski definition) is 1. The Labute approximate surface area is 282 Å². The zero-order valence-electron chi connectivity index (χ0n) is 27.2. The molecule has 0 saturated carbocycles. The van der Waals surface area contributed by atoms with E-state index in [1.54, 1.807) is 0 Å². The molecule has 20 heteroatoms. The lowest BCUT2D eigenvalue weighted by Crippen LogP contribution is -2.32. The number of anilines is 1. The van der Waals surface area contributed by atoms with Crippen molar-refractivity contribution in [1.29, 1.82) is 0 Å². The normalized spacial score (nSPS) is 12.9. The zero-order chi connectivity index (χ0) is 35.5. The Balaban J connectivity index is 1.24. The second-order valence-electron chi connectivity index (χ2n) is 9.84. The predicted octanol–water partition coefficient (Wildman–Crippen LogP) is 1.05. The maximum absolute atomic E-state index is 11.6. The Morgan fingerprint density at radius 2 is 1.04 bits per heavy atom. The lowest BCUT2D eigenvalue weighted by Gasteiger charge is -2.12. The number of rotatable bonds is 31. The van der Waals surface area contributed by atoms with E-state index in [9.17, 15) is 34.6 Å². The van der Waals surface area contributed by atoms with E-state index in [2.05, 4.69) is 5.32 Å². The fraction of sp³-hybridized carbons (Fsp3) is 0.690. The molecular formula is C29H44N4O16. The van der Waals surface area contributed by atoms with E-state index in [1.165, 1.54) is 12.1 Å². The quantitative estimate of drug-likeness (QED) is 0.0492. The Bertz CT molecular complexity index is 1140. The lowest BCUT2D eigenvalue weighted by molar-refractivity contribution is -0.393. The largest absolute Gasteiger partial charge is 0.378 e. The number of nitrogens with zero attached hydrogens (tertiary/aromatic N) is 3. The fourth-order valence-corrected chi connectivity index (χ4v) is 3.79. The third-order valence-corrected chi connectivity index (χ3v) is 6.20. The van der Waals surface area contributed by atoms with Gasteiger partial charge in [0.1, 0.15) is 5.69 Å². The van der Waals surface area contributed by atoms with Crippen LogP contribution in [0.5, 0.6) is 0 Å². The van der Waals surface area contributed by atoms with Gasteiger partial charge < -0.3 is 48.0 Å². The summed E-state index contributed by atoms with van der Waals surface area (Å²) < 4.78 is 43.1. The molecule has 0 bridgehead atoms. The first-order valence-corrected chi connectivity index (χ1v) is 15.6. The van der Waals surface area contributed by atoms with Gasteiger partial charge in [-0.15, -0.1) is 5.06 Å². The first-order chi connectivity index (χ1) is 23.8. The molecule has 1 aliphatic rings. The molecule has 0 spiro atoms. The number of imide groups is 1. The summed E-state index contributed by atoms with van der Waals surface area (Å²) >= 11 is 0. The number of nitrogens with one attached hydrogen (secondary N) is 1. The maximum Gasteiger partial charge on any atom is 0.335 e. The molecule has 1 N–H and O–H groups in total. The van der Waals surface area contributed by atoms with E-state index in [4.69, 9.17) is 42.7 Å². The summed E-state index contributed by atoms with van der Waals surface area (Å²) in [5.74, 6) is -1.76. The van der Waals surface area contributed by atoms with Gasteiger partial charge in [0.15, 0.2) is 0 Å². The van der Waals surface area contributed by atoms with E-state index >= 15 is 0 Å². The second kappa shape index (κ2) is 26.0. The van der Waals surface area contributed by atoms with Crippen LogP contribution in [0.15, 0.2) is 18.2 Å². The molecule has 0 atom stereocenters. The van der Waals surface area contributed by atoms with Crippen LogP contribution >= 0.6 is 0 Å². The minimum Gasteiger partial charge on any atom is -0.378 e. The van der Waals surface area contributed by atoms with Crippen LogP contribution < -0.4 is 5.32 Å². The smallest absolute Gasteiger partial charge is 0.335 e. The minimum absolute atomic E-state index is 0.0464. The number of carbonyl (C=O) groups is 3. The fourth-order valence-electron chi connectivity index (χ4n) is 3.79. The van der Waals surface area contributed by atoms with Crippen LogP contribution in [0.2, 0.25) is 0 Å². The summed E-state index contributed by atoms with van der Waals surface area (Å²) in [6.45, 7) is 5.85. The highest BCUT2D eigenvalue weighted by molar-refractivity contribution is 6.01. The SMILES string of the molecule is O=C(CCOCCOCCOCCOCCOCCOCCOCCOCCNc1ccc([N+](=O)[O-])cc1[N+](=O)[O-])ON1C(=O)CCC1=O. The van der Waals surface area contributed by atoms with Crippen molar-refractivity contribution in [2.45, 2.75) is 19.3 Å². The Morgan fingerprint density at radius 3 is 1.45 bits per heavy atom. The van der Waals surface area contributed by atoms with Crippen LogP contribution in [-0.2, 0) is 57.1 Å². The minimum atomic E-state index is -0.715. The lowest BCUT2D eigenvalue weighted by atomic mass is 10.2. The molecule has 1 heterocycles. The van der Waals surface area contributed by atoms with Gasteiger partial charge in [-0.3, -0.25) is 29.8 Å². The number of benzene rings is 1. The summed E-state index contributed by atoms with van der Waals surface area (Å²) in [6, 6.07) is 3.39. The van der Waals surface area contributed by atoms with Gasteiger partial charge in [0.25, 0.3) is 23.2 Å². The summed E-state index contributed by atoms with van der Waals surface area (Å²) in [6.07, 6.45) is 0.00199. The van der Waals surface area contributed by atoms with Crippen molar-refractivity contribution in [2.75, 3.05) is 118 Å². The van der Waals surface area contributed by atoms with E-state index in [0.29, 0.717) is 91.0 Å². The molecule has 0 unspecified atom stereocenters. The molecule has 1 aromatic rings. The van der Waals surface area contributed by atoms with Gasteiger partial charge in [-0.25, -0.2) is 4.79 Å². The number of ether oxygens (including phenoxy) is 8. The van der Waals surface area contributed by atoms with Crippen LogP contribution in [-0.4, -0.2) is 145 Å². The molecule has 0 radical (unpaired) electrons. The van der Waals surface area contributed by atoms with E-state index in [1.807, 2.05) is 0 Å². The van der Waals surface area contributed by atoms with Crippen LogP contribution in [0.25, 0.3) is 0 Å². The summed E-state index contributed by atoms with van der Waals surface area (Å²) in [4.78, 5) is 59.7. The number of nitro groups is 2. The van der Waals surface area contributed by atoms with Crippen molar-refractivity contribution in [3.8, 4) is 0 Å². The summed E-state index contributed by atoms with van der Waals surface area (Å²) in [5, 5.41) is 25.3. The summed E-state index contributed by atoms with van der Waals surface area (Å²) in [5.41, 5.74) is -0.560. The third-order valence-electron chi connectivity index (χ3n) is 6.20. The Morgan fingerprint density at radius 1 is 0.633 bits per heavy atom. The first-order valence-electron chi connectivity index (χ1n) is 15.6. The van der Waals surface area contributed by atoms with Crippen molar-refractivity contribution in [2.24, 2.45) is 0 Å². The molecule has 1 aliphatic heterocycles. The van der Waals surface area contributed by atoms with Gasteiger partial charge in [0.2, 0.25) is 0 Å². The van der Waals surface area contributed by atoms with Crippen molar-refractivity contribution in [3.63, 3.8) is 0 Å². The molecular weight excluding hydrogens is 660 g/mol. The topological polar surface area (TPSA) is 236 Å². The Kier molecular flexibility index (Phi) is 21.9. The zero-order valence-corrected chi connectivity index (χ0v) is 27.2. The highest BCUT2D eigenvalue weighted by atomic mass is 16.7. The Hall–Kier alpha value is -3.89. The van der Waals surface area contributed by atoms with Crippen molar-refractivity contribution < 1.29 is 67.0 Å². The van der Waals surface area contributed by atoms with Crippen molar-refractivity contribution in [3.05, 3.63) is 38.4 Å². The molecule has 1 aromatic carbocycles. The molecule has 1 fully saturated rings. The molecule has 2 amide bonds. The van der Waals surface area contributed by atoms with Crippen molar-refractivity contribution in [1.82, 2.24) is 5.06 Å². The highest BCUT2D eigenvalue weighted by Gasteiger charge is 2.32. The molecule has 0 aliphatic carbocycles. The van der Waals surface area contributed by atoms with E-state index in [0.717, 1.165) is 6.07 Å². The highest BCUT2D eigenvalue weighted by Crippen LogP contribution is 2.28. The molecule has 0 aromatic heterocycles. The van der Waals surface area contributed by atoms with Crippen LogP contribution in [0.1, 0.15) is 19.3 Å². The van der Waals surface area contributed by atoms with E-state index in [-0.39, 0.29) is 62.7 Å². The third kappa shape index (κ3) is 19.0. The molecule has 49 heavy (non-hydrogen) atoms. The monoisotopic (exact) mass is 704 g/mol. The average molecular weight is 705 g/mol. The molecule has 276 valence electrons. The van der Waals surface area contributed by atoms with Gasteiger partial charge in [0.05, 0.1) is 128 Å². The number of carbonyl (C=O) groups excluding carboxylic acids is 3. The molecule has 20 nitrogen and oxygen atoms in total. The maximum atomic E-state index is 11.6. The van der Waals surface area contributed by atoms with Gasteiger partial charge in [-0.1, -0.05) is 0 Å².